The van der Waals surface area contributed by atoms with E-state index in [4.69, 9.17) is 21.1 Å². The second-order valence-electron chi connectivity index (χ2n) is 10.6. The summed E-state index contributed by atoms with van der Waals surface area (Å²) in [7, 11) is 0. The molecule has 3 rings (SSSR count). The molecule has 0 aromatic carbocycles. The van der Waals surface area contributed by atoms with Crippen molar-refractivity contribution in [2.75, 3.05) is 0 Å². The van der Waals surface area contributed by atoms with E-state index in [2.05, 4.69) is 4.98 Å². The summed E-state index contributed by atoms with van der Waals surface area (Å²) < 4.78 is 11.7. The van der Waals surface area contributed by atoms with Gasteiger partial charge in [-0.25, -0.2) is 4.98 Å². The second kappa shape index (κ2) is 11.8. The molecule has 196 valence electrons. The number of hydrogen-bond acceptors (Lipinski definition) is 8. The van der Waals surface area contributed by atoms with Gasteiger partial charge in [0, 0.05) is 17.7 Å². The first kappa shape index (κ1) is 28.3. The number of alkyl halides is 1. The topological polar surface area (TPSA) is 109 Å². The Morgan fingerprint density at radius 3 is 2.63 bits per heavy atom. The molecule has 2 saturated heterocycles. The first-order valence-corrected chi connectivity index (χ1v) is 13.8. The third-order valence-electron chi connectivity index (χ3n) is 7.46. The van der Waals surface area contributed by atoms with Crippen molar-refractivity contribution in [3.05, 3.63) is 21.7 Å². The number of carbonyl (C=O) groups is 2. The number of nitrogens with zero attached hydrogens (tertiary/aromatic N) is 1. The van der Waals surface area contributed by atoms with Crippen molar-refractivity contribution in [3.63, 3.8) is 0 Å². The van der Waals surface area contributed by atoms with Crippen LogP contribution < -0.4 is 0 Å². The van der Waals surface area contributed by atoms with Gasteiger partial charge in [-0.2, -0.15) is 0 Å². The maximum absolute atomic E-state index is 13.2. The number of rotatable bonds is 3. The lowest BCUT2D eigenvalue weighted by atomic mass is 9.73. The minimum Gasteiger partial charge on any atom is -0.458 e. The molecule has 2 fully saturated rings. The average molecular weight is 528 g/mol. The summed E-state index contributed by atoms with van der Waals surface area (Å²) in [5.74, 6) is -1.22. The SMILES string of the molecule is C/C(=C\c1csc(CCl)n1)[C@@H]1C[C@@H]2OC2CCC[C@H](C)[C@H](O)[C@@H](C)C(=O)C(C)(C)[C@@H](O)CC(=O)O1. The number of aliphatic hydroxyl groups excluding tert-OH is 2. The number of halogens is 1. The molecular formula is C26H38ClNO6S. The standard InChI is InChI=1S/C26H38ClNO6S/c1-14-7-6-8-18-20(33-18)10-19(15(2)9-17-13-35-22(12-27)28-17)34-23(30)11-21(29)26(4,5)25(32)16(3)24(14)31/h9,13-14,16,18-21,24,29,31H,6-8,10-12H2,1-5H3/b15-9+/t14-,16+,18?,19-,20-,21-,24-/m0/s1. The van der Waals surface area contributed by atoms with Crippen molar-refractivity contribution in [1.29, 1.82) is 0 Å². The summed E-state index contributed by atoms with van der Waals surface area (Å²) in [5, 5.41) is 24.3. The van der Waals surface area contributed by atoms with E-state index in [1.54, 1.807) is 20.8 Å². The Kier molecular flexibility index (Phi) is 9.54. The molecule has 0 saturated carbocycles. The molecule has 0 radical (unpaired) electrons. The van der Waals surface area contributed by atoms with Crippen molar-refractivity contribution in [2.45, 2.75) is 103 Å². The molecule has 1 aromatic heterocycles. The smallest absolute Gasteiger partial charge is 0.309 e. The minimum atomic E-state index is -1.24. The summed E-state index contributed by atoms with van der Waals surface area (Å²) in [4.78, 5) is 30.5. The lowest BCUT2D eigenvalue weighted by Crippen LogP contribution is -2.45. The van der Waals surface area contributed by atoms with Gasteiger partial charge in [0.05, 0.1) is 47.8 Å². The first-order chi connectivity index (χ1) is 16.4. The first-order valence-electron chi connectivity index (χ1n) is 12.4. The van der Waals surface area contributed by atoms with E-state index in [0.717, 1.165) is 35.5 Å². The molecule has 2 N–H and O–H groups in total. The van der Waals surface area contributed by atoms with Crippen molar-refractivity contribution >= 4 is 40.8 Å². The maximum Gasteiger partial charge on any atom is 0.309 e. The van der Waals surface area contributed by atoms with E-state index in [-0.39, 0.29) is 30.3 Å². The largest absolute Gasteiger partial charge is 0.458 e. The van der Waals surface area contributed by atoms with Crippen LogP contribution >= 0.6 is 22.9 Å². The van der Waals surface area contributed by atoms with Crippen LogP contribution in [0.4, 0.5) is 0 Å². The molecule has 0 amide bonds. The predicted octanol–water partition coefficient (Wildman–Crippen LogP) is 4.52. The predicted molar refractivity (Wildman–Crippen MR) is 136 cm³/mol. The molecule has 0 spiro atoms. The van der Waals surface area contributed by atoms with Gasteiger partial charge in [-0.05, 0) is 37.3 Å². The van der Waals surface area contributed by atoms with Crippen molar-refractivity contribution < 1.29 is 29.3 Å². The number of Topliss-reactive ketones (excluding diaryl/α,β-unsaturated/α-hetero) is 1. The number of thiazole rings is 1. The maximum atomic E-state index is 13.2. The number of ether oxygens (including phenoxy) is 2. The van der Waals surface area contributed by atoms with Crippen LogP contribution in [0.15, 0.2) is 11.0 Å². The highest BCUT2D eigenvalue weighted by Gasteiger charge is 2.44. The zero-order valence-electron chi connectivity index (χ0n) is 21.2. The van der Waals surface area contributed by atoms with Crippen LogP contribution in [0.5, 0.6) is 0 Å². The zero-order chi connectivity index (χ0) is 25.9. The molecule has 0 aliphatic carbocycles. The number of esters is 1. The third-order valence-corrected chi connectivity index (χ3v) is 8.74. The molecule has 7 atom stereocenters. The fraction of sp³-hybridized carbons (Fsp3) is 0.731. The van der Waals surface area contributed by atoms with Gasteiger partial charge in [-0.15, -0.1) is 22.9 Å². The fourth-order valence-electron chi connectivity index (χ4n) is 4.79. The van der Waals surface area contributed by atoms with Crippen molar-refractivity contribution in [1.82, 2.24) is 4.98 Å². The highest BCUT2D eigenvalue weighted by molar-refractivity contribution is 7.09. The van der Waals surface area contributed by atoms with Gasteiger partial charge in [0.2, 0.25) is 0 Å². The number of cyclic esters (lactones) is 1. The number of fused-ring (bicyclic) bond motifs is 1. The van der Waals surface area contributed by atoms with Crippen LogP contribution in [0, 0.1) is 17.3 Å². The summed E-state index contributed by atoms with van der Waals surface area (Å²) in [6.07, 6.45) is 2.07. The number of carbonyl (C=O) groups excluding carboxylic acids is 2. The number of aliphatic hydroxyl groups is 2. The lowest BCUT2D eigenvalue weighted by Gasteiger charge is -2.34. The summed E-state index contributed by atoms with van der Waals surface area (Å²) in [5.41, 5.74) is 0.378. The molecule has 0 bridgehead atoms. The van der Waals surface area contributed by atoms with E-state index in [0.29, 0.717) is 12.3 Å². The molecule has 2 aliphatic rings. The van der Waals surface area contributed by atoms with Crippen LogP contribution in [-0.2, 0) is 24.9 Å². The highest BCUT2D eigenvalue weighted by Crippen LogP contribution is 2.36. The van der Waals surface area contributed by atoms with E-state index < -0.39 is 35.6 Å². The van der Waals surface area contributed by atoms with Gasteiger partial charge in [0.25, 0.3) is 0 Å². The third kappa shape index (κ3) is 7.13. The van der Waals surface area contributed by atoms with E-state index in [1.165, 1.54) is 11.3 Å². The Morgan fingerprint density at radius 2 is 1.97 bits per heavy atom. The molecule has 35 heavy (non-hydrogen) atoms. The van der Waals surface area contributed by atoms with Crippen LogP contribution in [-0.4, -0.2) is 57.5 Å². The fourth-order valence-corrected chi connectivity index (χ4v) is 5.64. The minimum absolute atomic E-state index is 0.0139. The molecule has 9 heteroatoms. The number of aromatic nitrogens is 1. The Labute approximate surface area is 216 Å². The Balaban J connectivity index is 1.81. The van der Waals surface area contributed by atoms with Crippen LogP contribution in [0.1, 0.15) is 77.4 Å². The summed E-state index contributed by atoms with van der Waals surface area (Å²) in [6.45, 7) is 8.76. The molecule has 1 aromatic rings. The Bertz CT molecular complexity index is 931. The van der Waals surface area contributed by atoms with Crippen LogP contribution in [0.3, 0.4) is 0 Å². The van der Waals surface area contributed by atoms with Gasteiger partial charge < -0.3 is 19.7 Å². The van der Waals surface area contributed by atoms with Crippen LogP contribution in [0.2, 0.25) is 0 Å². The number of epoxide rings is 1. The molecule has 2 aliphatic heterocycles. The van der Waals surface area contributed by atoms with Gasteiger partial charge in [-0.1, -0.05) is 34.1 Å². The number of ketones is 1. The number of hydrogen-bond donors (Lipinski definition) is 2. The quantitative estimate of drug-likeness (QED) is 0.338. The van der Waals surface area contributed by atoms with Crippen molar-refractivity contribution in [3.8, 4) is 0 Å². The average Bonchev–Trinajstić information content (AvgIpc) is 3.38. The van der Waals surface area contributed by atoms with E-state index in [9.17, 15) is 19.8 Å². The van der Waals surface area contributed by atoms with Gasteiger partial charge in [-0.3, -0.25) is 9.59 Å². The summed E-state index contributed by atoms with van der Waals surface area (Å²) in [6, 6.07) is 0. The molecule has 3 heterocycles. The van der Waals surface area contributed by atoms with E-state index >= 15 is 0 Å². The van der Waals surface area contributed by atoms with Gasteiger partial charge >= 0.3 is 5.97 Å². The van der Waals surface area contributed by atoms with Crippen LogP contribution in [0.25, 0.3) is 6.08 Å². The second-order valence-corrected chi connectivity index (χ2v) is 11.8. The monoisotopic (exact) mass is 527 g/mol. The molecular weight excluding hydrogens is 490 g/mol. The zero-order valence-corrected chi connectivity index (χ0v) is 22.8. The van der Waals surface area contributed by atoms with Crippen molar-refractivity contribution in [2.24, 2.45) is 17.3 Å². The Hall–Kier alpha value is -1.32. The lowest BCUT2D eigenvalue weighted by molar-refractivity contribution is -0.154. The Morgan fingerprint density at radius 1 is 1.26 bits per heavy atom. The highest BCUT2D eigenvalue weighted by atomic mass is 35.5. The van der Waals surface area contributed by atoms with Gasteiger partial charge in [0.15, 0.2) is 0 Å². The van der Waals surface area contributed by atoms with E-state index in [1.807, 2.05) is 25.3 Å². The molecule has 1 unspecified atom stereocenters. The normalized spacial score (nSPS) is 35.3. The molecule has 7 nitrogen and oxygen atoms in total. The van der Waals surface area contributed by atoms with Gasteiger partial charge in [0.1, 0.15) is 16.9 Å². The summed E-state index contributed by atoms with van der Waals surface area (Å²) >= 11 is 7.34.